The molecule has 2 heteroatoms. The van der Waals surface area contributed by atoms with Gasteiger partial charge in [-0.05, 0) is 12.5 Å². The fourth-order valence-electron chi connectivity index (χ4n) is 1.06. The third kappa shape index (κ3) is 3.04. The predicted molar refractivity (Wildman–Crippen MR) is 54.9 cm³/mol. The van der Waals surface area contributed by atoms with Crippen molar-refractivity contribution in [3.63, 3.8) is 0 Å². The summed E-state index contributed by atoms with van der Waals surface area (Å²) in [6.45, 7) is 2.35. The number of benzene rings is 1. The molecule has 0 radical (unpaired) electrons. The van der Waals surface area contributed by atoms with Crippen molar-refractivity contribution in [1.82, 2.24) is 0 Å². The van der Waals surface area contributed by atoms with Crippen LogP contribution in [0.1, 0.15) is 22.8 Å². The van der Waals surface area contributed by atoms with Crippen molar-refractivity contribution in [2.24, 2.45) is 0 Å². The Kier molecular flexibility index (Phi) is 3.90. The van der Waals surface area contributed by atoms with Crippen LogP contribution in [0.3, 0.4) is 0 Å². The maximum Gasteiger partial charge on any atom is 0.159 e. The molecule has 14 heavy (non-hydrogen) atoms. The lowest BCUT2D eigenvalue weighted by atomic mass is 10.1. The van der Waals surface area contributed by atoms with Gasteiger partial charge in [0.15, 0.2) is 5.78 Å². The van der Waals surface area contributed by atoms with Crippen LogP contribution in [0.15, 0.2) is 24.3 Å². The molecule has 0 N–H and O–H groups in total. The third-order valence-electron chi connectivity index (χ3n) is 1.81. The minimum Gasteiger partial charge on any atom is -0.364 e. The van der Waals surface area contributed by atoms with Crippen LogP contribution in [0, 0.1) is 12.3 Å². The monoisotopic (exact) mass is 188 g/mol. The minimum atomic E-state index is 0.0705. The number of terminal acetylenes is 1. The minimum absolute atomic E-state index is 0.0705. The molecule has 0 unspecified atom stereocenters. The second-order valence-corrected chi connectivity index (χ2v) is 2.95. The third-order valence-corrected chi connectivity index (χ3v) is 1.81. The van der Waals surface area contributed by atoms with E-state index in [4.69, 9.17) is 11.2 Å². The normalized spacial score (nSPS) is 9.43. The SMILES string of the molecule is C#CCOCc1ccc(C(C)=O)cc1. The summed E-state index contributed by atoms with van der Waals surface area (Å²) in [6, 6.07) is 7.31. The lowest BCUT2D eigenvalue weighted by Gasteiger charge is -2.01. The van der Waals surface area contributed by atoms with Gasteiger partial charge in [-0.3, -0.25) is 4.79 Å². The van der Waals surface area contributed by atoms with Crippen LogP contribution in [0.25, 0.3) is 0 Å². The van der Waals surface area contributed by atoms with E-state index in [1.165, 1.54) is 0 Å². The van der Waals surface area contributed by atoms with Crippen molar-refractivity contribution in [2.75, 3.05) is 6.61 Å². The van der Waals surface area contributed by atoms with Crippen molar-refractivity contribution in [2.45, 2.75) is 13.5 Å². The standard InChI is InChI=1S/C12H12O2/c1-3-8-14-9-11-4-6-12(7-5-11)10(2)13/h1,4-7H,8-9H2,2H3. The van der Waals surface area contributed by atoms with Crippen LogP contribution >= 0.6 is 0 Å². The highest BCUT2D eigenvalue weighted by atomic mass is 16.5. The molecule has 0 aromatic heterocycles. The second-order valence-electron chi connectivity index (χ2n) is 2.95. The van der Waals surface area contributed by atoms with Gasteiger partial charge in [0.2, 0.25) is 0 Å². The molecule has 0 bridgehead atoms. The van der Waals surface area contributed by atoms with E-state index in [-0.39, 0.29) is 5.78 Å². The maximum absolute atomic E-state index is 11.0. The van der Waals surface area contributed by atoms with Crippen LogP contribution < -0.4 is 0 Å². The lowest BCUT2D eigenvalue weighted by molar-refractivity contribution is 0.101. The lowest BCUT2D eigenvalue weighted by Crippen LogP contribution is -1.95. The number of rotatable bonds is 4. The number of ether oxygens (including phenoxy) is 1. The van der Waals surface area contributed by atoms with E-state index < -0.39 is 0 Å². The topological polar surface area (TPSA) is 26.3 Å². The first-order valence-corrected chi connectivity index (χ1v) is 4.35. The molecule has 0 saturated heterocycles. The van der Waals surface area contributed by atoms with Gasteiger partial charge in [0.05, 0.1) is 6.61 Å². The zero-order valence-corrected chi connectivity index (χ0v) is 8.12. The Morgan fingerprint density at radius 3 is 2.57 bits per heavy atom. The molecule has 0 heterocycles. The summed E-state index contributed by atoms with van der Waals surface area (Å²) in [6.07, 6.45) is 5.04. The van der Waals surface area contributed by atoms with Gasteiger partial charge in [0.25, 0.3) is 0 Å². The van der Waals surface area contributed by atoms with E-state index in [9.17, 15) is 4.79 Å². The molecule has 72 valence electrons. The van der Waals surface area contributed by atoms with E-state index in [0.717, 1.165) is 5.56 Å². The van der Waals surface area contributed by atoms with Crippen molar-refractivity contribution < 1.29 is 9.53 Å². The number of carbonyl (C=O) groups excluding carboxylic acids is 1. The van der Waals surface area contributed by atoms with Gasteiger partial charge in [0.1, 0.15) is 6.61 Å². The average molecular weight is 188 g/mol. The molecule has 1 aromatic carbocycles. The van der Waals surface area contributed by atoms with E-state index >= 15 is 0 Å². The van der Waals surface area contributed by atoms with E-state index in [0.29, 0.717) is 18.8 Å². The molecule has 1 aromatic rings. The number of ketones is 1. The number of hydrogen-bond donors (Lipinski definition) is 0. The zero-order chi connectivity index (χ0) is 10.4. The molecule has 0 spiro atoms. The van der Waals surface area contributed by atoms with Crippen molar-refractivity contribution in [3.8, 4) is 12.3 Å². The highest BCUT2D eigenvalue weighted by molar-refractivity contribution is 5.93. The zero-order valence-electron chi connectivity index (χ0n) is 8.12. The van der Waals surface area contributed by atoms with Crippen molar-refractivity contribution >= 4 is 5.78 Å². The first kappa shape index (κ1) is 10.5. The molecule has 0 saturated carbocycles. The number of Topliss-reactive ketones (excluding diaryl/α,β-unsaturated/α-hetero) is 1. The van der Waals surface area contributed by atoms with Crippen LogP contribution in [0.5, 0.6) is 0 Å². The maximum atomic E-state index is 11.0. The molecule has 0 fully saturated rings. The van der Waals surface area contributed by atoms with Gasteiger partial charge in [0, 0.05) is 5.56 Å². The van der Waals surface area contributed by atoms with E-state index in [2.05, 4.69) is 5.92 Å². The Morgan fingerprint density at radius 1 is 1.43 bits per heavy atom. The van der Waals surface area contributed by atoms with Gasteiger partial charge >= 0.3 is 0 Å². The van der Waals surface area contributed by atoms with Crippen molar-refractivity contribution in [1.29, 1.82) is 0 Å². The van der Waals surface area contributed by atoms with Crippen molar-refractivity contribution in [3.05, 3.63) is 35.4 Å². The number of carbonyl (C=O) groups is 1. The fourth-order valence-corrected chi connectivity index (χ4v) is 1.06. The smallest absolute Gasteiger partial charge is 0.159 e. The van der Waals surface area contributed by atoms with Crippen LogP contribution in [0.4, 0.5) is 0 Å². The first-order valence-electron chi connectivity index (χ1n) is 4.35. The Morgan fingerprint density at radius 2 is 2.07 bits per heavy atom. The molecular formula is C12H12O2. The number of hydrogen-bond acceptors (Lipinski definition) is 2. The molecule has 2 nitrogen and oxygen atoms in total. The molecular weight excluding hydrogens is 176 g/mol. The van der Waals surface area contributed by atoms with E-state index in [1.807, 2.05) is 12.1 Å². The van der Waals surface area contributed by atoms with Gasteiger partial charge in [-0.25, -0.2) is 0 Å². The van der Waals surface area contributed by atoms with Gasteiger partial charge in [-0.15, -0.1) is 6.42 Å². The summed E-state index contributed by atoms with van der Waals surface area (Å²) >= 11 is 0. The molecule has 0 aliphatic carbocycles. The second kappa shape index (κ2) is 5.21. The molecule has 1 rings (SSSR count). The van der Waals surface area contributed by atoms with Crippen LogP contribution in [-0.4, -0.2) is 12.4 Å². The van der Waals surface area contributed by atoms with Crippen LogP contribution in [0.2, 0.25) is 0 Å². The summed E-state index contributed by atoms with van der Waals surface area (Å²) in [5.74, 6) is 2.46. The Balaban J connectivity index is 2.56. The molecule has 0 amide bonds. The summed E-state index contributed by atoms with van der Waals surface area (Å²) < 4.78 is 5.15. The Hall–Kier alpha value is -1.59. The molecule has 0 atom stereocenters. The Labute approximate surface area is 83.9 Å². The highest BCUT2D eigenvalue weighted by Crippen LogP contribution is 2.06. The molecule has 0 aliphatic rings. The average Bonchev–Trinajstić information content (AvgIpc) is 2.19. The fraction of sp³-hybridized carbons (Fsp3) is 0.250. The van der Waals surface area contributed by atoms with Gasteiger partial charge in [-0.2, -0.15) is 0 Å². The molecule has 0 aliphatic heterocycles. The summed E-state index contributed by atoms with van der Waals surface area (Å²) in [7, 11) is 0. The largest absolute Gasteiger partial charge is 0.364 e. The Bertz CT molecular complexity index is 344. The highest BCUT2D eigenvalue weighted by Gasteiger charge is 1.98. The predicted octanol–water partition coefficient (Wildman–Crippen LogP) is 2.04. The van der Waals surface area contributed by atoms with Crippen LogP contribution in [-0.2, 0) is 11.3 Å². The summed E-state index contributed by atoms with van der Waals surface area (Å²) in [4.78, 5) is 11.0. The first-order chi connectivity index (χ1) is 6.74. The van der Waals surface area contributed by atoms with E-state index in [1.54, 1.807) is 19.1 Å². The van der Waals surface area contributed by atoms with Gasteiger partial charge in [-0.1, -0.05) is 30.2 Å². The quantitative estimate of drug-likeness (QED) is 0.410. The van der Waals surface area contributed by atoms with Gasteiger partial charge < -0.3 is 4.74 Å². The summed E-state index contributed by atoms with van der Waals surface area (Å²) in [5, 5.41) is 0. The summed E-state index contributed by atoms with van der Waals surface area (Å²) in [5.41, 5.74) is 1.73.